The first-order valence-electron chi connectivity index (χ1n) is 4.11. The van der Waals surface area contributed by atoms with Gasteiger partial charge in [-0.15, -0.1) is 0 Å². The number of H-pyrrole nitrogens is 1. The molecular formula is C8H11N3O. The van der Waals surface area contributed by atoms with Crippen molar-refractivity contribution in [1.29, 1.82) is 0 Å². The average molecular weight is 165 g/mol. The fourth-order valence-corrected chi connectivity index (χ4v) is 1.52. The van der Waals surface area contributed by atoms with E-state index < -0.39 is 0 Å². The Kier molecular flexibility index (Phi) is 1.60. The maximum Gasteiger partial charge on any atom is 0.223 e. The van der Waals surface area contributed by atoms with E-state index >= 15 is 0 Å². The van der Waals surface area contributed by atoms with E-state index in [2.05, 4.69) is 15.3 Å². The van der Waals surface area contributed by atoms with Crippen LogP contribution in [0.15, 0.2) is 0 Å². The number of nitrogens with zero attached hydrogens (tertiary/aromatic N) is 1. The Morgan fingerprint density at radius 3 is 3.08 bits per heavy atom. The second-order valence-corrected chi connectivity index (χ2v) is 3.05. The van der Waals surface area contributed by atoms with Crippen LogP contribution >= 0.6 is 0 Å². The maximum absolute atomic E-state index is 10.7. The van der Waals surface area contributed by atoms with Gasteiger partial charge in [-0.1, -0.05) is 0 Å². The summed E-state index contributed by atoms with van der Waals surface area (Å²) in [4.78, 5) is 18.0. The average Bonchev–Trinajstić information content (AvgIpc) is 2.43. The summed E-state index contributed by atoms with van der Waals surface area (Å²) < 4.78 is 0. The van der Waals surface area contributed by atoms with Crippen LogP contribution in [0.5, 0.6) is 0 Å². The number of hydrogen-bond acceptors (Lipinski definition) is 2. The Bertz CT molecular complexity index is 295. The molecule has 1 amide bonds. The highest BCUT2D eigenvalue weighted by Crippen LogP contribution is 2.20. The number of aromatic nitrogens is 2. The molecule has 1 aliphatic rings. The number of carbonyl (C=O) groups excluding carboxylic acids is 1. The third-order valence-corrected chi connectivity index (χ3v) is 2.00. The minimum Gasteiger partial charge on any atom is -0.328 e. The zero-order chi connectivity index (χ0) is 8.55. The summed E-state index contributed by atoms with van der Waals surface area (Å²) in [5, 5.41) is 2.63. The number of aryl methyl sites for hydroxylation is 2. The summed E-state index contributed by atoms with van der Waals surface area (Å²) in [6, 6.07) is 0. The number of nitrogens with one attached hydrogen (secondary N) is 2. The molecule has 1 heterocycles. The maximum atomic E-state index is 10.7. The van der Waals surface area contributed by atoms with E-state index in [0.717, 1.165) is 18.5 Å². The molecule has 0 bridgehead atoms. The van der Waals surface area contributed by atoms with E-state index in [4.69, 9.17) is 0 Å². The number of hydrogen-bond donors (Lipinski definition) is 2. The van der Waals surface area contributed by atoms with Crippen molar-refractivity contribution in [3.05, 3.63) is 11.4 Å². The molecule has 0 radical (unpaired) electrons. The van der Waals surface area contributed by atoms with Crippen LogP contribution in [0.25, 0.3) is 0 Å². The highest BCUT2D eigenvalue weighted by atomic mass is 16.1. The van der Waals surface area contributed by atoms with Gasteiger partial charge in [-0.05, 0) is 19.3 Å². The molecule has 0 aliphatic heterocycles. The monoisotopic (exact) mass is 165 g/mol. The van der Waals surface area contributed by atoms with E-state index in [9.17, 15) is 4.79 Å². The Hall–Kier alpha value is -1.32. The fraction of sp³-hybridized carbons (Fsp3) is 0.500. The van der Waals surface area contributed by atoms with Crippen LogP contribution in [0, 0.1) is 0 Å². The summed E-state index contributed by atoms with van der Waals surface area (Å²) in [7, 11) is 0. The molecule has 0 aromatic carbocycles. The Morgan fingerprint density at radius 2 is 2.42 bits per heavy atom. The van der Waals surface area contributed by atoms with E-state index in [-0.39, 0.29) is 5.91 Å². The molecule has 1 aromatic heterocycles. The molecule has 4 nitrogen and oxygen atoms in total. The van der Waals surface area contributed by atoms with E-state index in [1.54, 1.807) is 0 Å². The predicted molar refractivity (Wildman–Crippen MR) is 44.9 cm³/mol. The van der Waals surface area contributed by atoms with Crippen molar-refractivity contribution in [3.8, 4) is 0 Å². The molecule has 12 heavy (non-hydrogen) atoms. The number of carbonyl (C=O) groups is 1. The zero-order valence-electron chi connectivity index (χ0n) is 6.98. The number of amides is 1. The van der Waals surface area contributed by atoms with Crippen LogP contribution in [0.2, 0.25) is 0 Å². The molecule has 4 heteroatoms. The molecule has 1 aromatic rings. The van der Waals surface area contributed by atoms with Gasteiger partial charge in [0.05, 0.1) is 5.69 Å². The van der Waals surface area contributed by atoms with Gasteiger partial charge in [-0.2, -0.15) is 0 Å². The fourth-order valence-electron chi connectivity index (χ4n) is 1.52. The van der Waals surface area contributed by atoms with Crippen molar-refractivity contribution >= 4 is 11.9 Å². The third kappa shape index (κ3) is 1.20. The van der Waals surface area contributed by atoms with Crippen molar-refractivity contribution in [1.82, 2.24) is 9.97 Å². The standard InChI is InChI=1S/C8H11N3O/c1-5(12)9-8-10-6-3-2-4-7(6)11-8/h2-4H2,1H3,(H2,9,10,11,12). The van der Waals surface area contributed by atoms with Crippen LogP contribution in [0.3, 0.4) is 0 Å². The minimum absolute atomic E-state index is 0.0811. The van der Waals surface area contributed by atoms with Crippen molar-refractivity contribution in [2.24, 2.45) is 0 Å². The SMILES string of the molecule is CC(=O)Nc1nc2c([nH]1)CCC2. The second-order valence-electron chi connectivity index (χ2n) is 3.05. The van der Waals surface area contributed by atoms with E-state index in [1.807, 2.05) is 0 Å². The Labute approximate surface area is 70.4 Å². The van der Waals surface area contributed by atoms with Gasteiger partial charge in [0.25, 0.3) is 0 Å². The molecule has 64 valence electrons. The topological polar surface area (TPSA) is 57.8 Å². The highest BCUT2D eigenvalue weighted by Gasteiger charge is 2.15. The van der Waals surface area contributed by atoms with Crippen LogP contribution in [-0.4, -0.2) is 15.9 Å². The molecule has 0 spiro atoms. The van der Waals surface area contributed by atoms with Crippen molar-refractivity contribution in [3.63, 3.8) is 0 Å². The summed E-state index contributed by atoms with van der Waals surface area (Å²) >= 11 is 0. The summed E-state index contributed by atoms with van der Waals surface area (Å²) in [6.07, 6.45) is 3.27. The number of anilines is 1. The van der Waals surface area contributed by atoms with Crippen LogP contribution in [0.1, 0.15) is 24.7 Å². The lowest BCUT2D eigenvalue weighted by molar-refractivity contribution is -0.114. The van der Waals surface area contributed by atoms with Crippen molar-refractivity contribution < 1.29 is 4.79 Å². The van der Waals surface area contributed by atoms with Gasteiger partial charge in [-0.25, -0.2) is 4.98 Å². The number of rotatable bonds is 1. The van der Waals surface area contributed by atoms with Gasteiger partial charge < -0.3 is 4.98 Å². The van der Waals surface area contributed by atoms with Gasteiger partial charge in [0.1, 0.15) is 0 Å². The van der Waals surface area contributed by atoms with Gasteiger partial charge in [0.15, 0.2) is 0 Å². The van der Waals surface area contributed by atoms with E-state index in [0.29, 0.717) is 5.95 Å². The summed E-state index contributed by atoms with van der Waals surface area (Å²) in [5.41, 5.74) is 2.29. The van der Waals surface area contributed by atoms with Gasteiger partial charge >= 0.3 is 0 Å². The lowest BCUT2D eigenvalue weighted by Gasteiger charge is -1.94. The van der Waals surface area contributed by atoms with Crippen LogP contribution < -0.4 is 5.32 Å². The zero-order valence-corrected chi connectivity index (χ0v) is 6.98. The van der Waals surface area contributed by atoms with Gasteiger partial charge in [-0.3, -0.25) is 10.1 Å². The molecule has 1 aliphatic carbocycles. The molecule has 2 N–H and O–H groups in total. The van der Waals surface area contributed by atoms with Crippen molar-refractivity contribution in [2.75, 3.05) is 5.32 Å². The lowest BCUT2D eigenvalue weighted by Crippen LogP contribution is -2.07. The number of imidazole rings is 1. The molecule has 0 saturated heterocycles. The first-order valence-corrected chi connectivity index (χ1v) is 4.11. The third-order valence-electron chi connectivity index (χ3n) is 2.00. The second kappa shape index (κ2) is 2.62. The summed E-state index contributed by atoms with van der Waals surface area (Å²) in [6.45, 7) is 1.48. The smallest absolute Gasteiger partial charge is 0.223 e. The number of aromatic amines is 1. The van der Waals surface area contributed by atoms with Crippen molar-refractivity contribution in [2.45, 2.75) is 26.2 Å². The molecule has 0 unspecified atom stereocenters. The largest absolute Gasteiger partial charge is 0.328 e. The molecule has 2 rings (SSSR count). The Balaban J connectivity index is 2.20. The van der Waals surface area contributed by atoms with Crippen LogP contribution in [-0.2, 0) is 17.6 Å². The summed E-state index contributed by atoms with van der Waals surface area (Å²) in [5.74, 6) is 0.509. The molecule has 0 saturated carbocycles. The predicted octanol–water partition coefficient (Wildman–Crippen LogP) is 0.857. The normalized spacial score (nSPS) is 14.4. The van der Waals surface area contributed by atoms with E-state index in [1.165, 1.54) is 19.0 Å². The molecular weight excluding hydrogens is 154 g/mol. The van der Waals surface area contributed by atoms with Gasteiger partial charge in [0, 0.05) is 12.6 Å². The van der Waals surface area contributed by atoms with Gasteiger partial charge in [0.2, 0.25) is 11.9 Å². The first kappa shape index (κ1) is 7.34. The molecule has 0 fully saturated rings. The first-order chi connectivity index (χ1) is 5.75. The quantitative estimate of drug-likeness (QED) is 0.648. The van der Waals surface area contributed by atoms with Crippen LogP contribution in [0.4, 0.5) is 5.95 Å². The molecule has 0 atom stereocenters. The number of fused-ring (bicyclic) bond motifs is 1. The highest BCUT2D eigenvalue weighted by molar-refractivity contribution is 5.86. The minimum atomic E-state index is -0.0811. The lowest BCUT2D eigenvalue weighted by atomic mass is 10.4. The Morgan fingerprint density at radius 1 is 1.58 bits per heavy atom.